The number of carbonyl (C=O) groups excluding carboxylic acids is 1. The third-order valence-corrected chi connectivity index (χ3v) is 5.44. The van der Waals surface area contributed by atoms with Crippen LogP contribution in [0.3, 0.4) is 0 Å². The van der Waals surface area contributed by atoms with Crippen molar-refractivity contribution >= 4 is 28.6 Å². The number of rotatable bonds is 6. The fraction of sp³-hybridized carbons (Fsp3) is 0.412. The van der Waals surface area contributed by atoms with Crippen molar-refractivity contribution in [3.63, 3.8) is 0 Å². The minimum Gasteiger partial charge on any atom is -0.355 e. The fourth-order valence-electron chi connectivity index (χ4n) is 2.63. The molecule has 2 aromatic heterocycles. The molecule has 1 N–H and O–H groups in total. The van der Waals surface area contributed by atoms with E-state index in [0.717, 1.165) is 29.2 Å². The number of thiophene rings is 1. The van der Waals surface area contributed by atoms with Crippen molar-refractivity contribution in [1.29, 1.82) is 0 Å². The first-order valence-electron chi connectivity index (χ1n) is 7.73. The number of carbonyl (C=O) groups is 1. The second kappa shape index (κ2) is 7.70. The molecule has 1 aliphatic carbocycles. The lowest BCUT2D eigenvalue weighted by Crippen LogP contribution is -2.26. The number of aromatic nitrogens is 1. The van der Waals surface area contributed by atoms with Gasteiger partial charge in [0.05, 0.1) is 12.1 Å². The van der Waals surface area contributed by atoms with E-state index in [-0.39, 0.29) is 5.91 Å². The number of allylic oxidation sites excluding steroid dienone is 1. The predicted molar refractivity (Wildman–Crippen MR) is 93.3 cm³/mol. The monoisotopic (exact) mass is 332 g/mol. The van der Waals surface area contributed by atoms with Crippen molar-refractivity contribution in [2.75, 3.05) is 6.54 Å². The van der Waals surface area contributed by atoms with E-state index in [2.05, 4.69) is 27.8 Å². The summed E-state index contributed by atoms with van der Waals surface area (Å²) >= 11 is 3.27. The summed E-state index contributed by atoms with van der Waals surface area (Å²) in [6.07, 6.45) is 8.71. The van der Waals surface area contributed by atoms with Crippen LogP contribution in [0.15, 0.2) is 33.9 Å². The molecule has 1 amide bonds. The van der Waals surface area contributed by atoms with E-state index in [9.17, 15) is 4.79 Å². The molecule has 0 aromatic carbocycles. The van der Waals surface area contributed by atoms with Crippen LogP contribution in [0, 0.1) is 0 Å². The molecule has 0 atom stereocenters. The minimum atomic E-state index is 0.0681. The molecule has 116 valence electrons. The van der Waals surface area contributed by atoms with Gasteiger partial charge < -0.3 is 5.32 Å². The number of hydrogen-bond donors (Lipinski definition) is 1. The Bertz CT molecular complexity index is 643. The maximum Gasteiger partial charge on any atom is 0.226 e. The van der Waals surface area contributed by atoms with Gasteiger partial charge in [0, 0.05) is 22.9 Å². The molecule has 3 nitrogen and oxygen atoms in total. The van der Waals surface area contributed by atoms with E-state index in [4.69, 9.17) is 0 Å². The molecule has 0 bridgehead atoms. The highest BCUT2D eigenvalue weighted by Crippen LogP contribution is 2.25. The van der Waals surface area contributed by atoms with Crippen molar-refractivity contribution in [2.24, 2.45) is 0 Å². The van der Waals surface area contributed by atoms with Gasteiger partial charge in [-0.1, -0.05) is 11.6 Å². The predicted octanol–water partition coefficient (Wildman–Crippen LogP) is 4.42. The molecule has 5 heteroatoms. The van der Waals surface area contributed by atoms with Crippen LogP contribution in [0.25, 0.3) is 10.6 Å². The zero-order chi connectivity index (χ0) is 15.2. The quantitative estimate of drug-likeness (QED) is 0.796. The van der Waals surface area contributed by atoms with Crippen molar-refractivity contribution in [2.45, 2.75) is 38.5 Å². The summed E-state index contributed by atoms with van der Waals surface area (Å²) < 4.78 is 0. The molecule has 22 heavy (non-hydrogen) atoms. The van der Waals surface area contributed by atoms with Crippen LogP contribution >= 0.6 is 22.7 Å². The van der Waals surface area contributed by atoms with Gasteiger partial charge in [-0.3, -0.25) is 4.79 Å². The lowest BCUT2D eigenvalue weighted by Gasteiger charge is -2.12. The largest absolute Gasteiger partial charge is 0.355 e. The molecule has 0 unspecified atom stereocenters. The van der Waals surface area contributed by atoms with Crippen molar-refractivity contribution in [1.82, 2.24) is 10.3 Å². The lowest BCUT2D eigenvalue weighted by molar-refractivity contribution is -0.120. The van der Waals surface area contributed by atoms with Crippen LogP contribution in [-0.4, -0.2) is 17.4 Å². The second-order valence-electron chi connectivity index (χ2n) is 5.54. The molecular weight excluding hydrogens is 312 g/mol. The Morgan fingerprint density at radius 3 is 3.05 bits per heavy atom. The zero-order valence-electron chi connectivity index (χ0n) is 12.5. The molecule has 3 rings (SSSR count). The third-order valence-electron chi connectivity index (χ3n) is 3.81. The van der Waals surface area contributed by atoms with E-state index < -0.39 is 0 Å². The number of nitrogens with zero attached hydrogens (tertiary/aromatic N) is 1. The highest BCUT2D eigenvalue weighted by atomic mass is 32.1. The minimum absolute atomic E-state index is 0.0681. The van der Waals surface area contributed by atoms with Gasteiger partial charge in [-0.25, -0.2) is 4.98 Å². The third kappa shape index (κ3) is 4.27. The number of hydrogen-bond acceptors (Lipinski definition) is 4. The molecular formula is C17H20N2OS2. The van der Waals surface area contributed by atoms with Crippen LogP contribution in [0.4, 0.5) is 0 Å². The molecule has 0 spiro atoms. The van der Waals surface area contributed by atoms with Crippen LogP contribution in [0.5, 0.6) is 0 Å². The zero-order valence-corrected chi connectivity index (χ0v) is 14.1. The number of amides is 1. The second-order valence-corrected chi connectivity index (χ2v) is 7.18. The van der Waals surface area contributed by atoms with Gasteiger partial charge in [0.2, 0.25) is 5.91 Å². The maximum atomic E-state index is 12.0. The standard InChI is InChI=1S/C17H20N2OS2/c20-16(18-8-6-13-4-2-1-3-5-13)10-15-12-22-17(19-15)14-7-9-21-11-14/h4,7,9,11-12H,1-3,5-6,8,10H2,(H,18,20). The molecule has 0 radical (unpaired) electrons. The normalized spacial score (nSPS) is 14.6. The molecule has 2 heterocycles. The van der Waals surface area contributed by atoms with Crippen molar-refractivity contribution in [3.05, 3.63) is 39.5 Å². The summed E-state index contributed by atoms with van der Waals surface area (Å²) in [6.45, 7) is 0.742. The summed E-state index contributed by atoms with van der Waals surface area (Å²) in [5, 5.41) is 10.1. The Kier molecular flexibility index (Phi) is 5.40. The Balaban J connectivity index is 1.44. The highest BCUT2D eigenvalue weighted by molar-refractivity contribution is 7.14. The van der Waals surface area contributed by atoms with Crippen molar-refractivity contribution in [3.8, 4) is 10.6 Å². The molecule has 0 saturated heterocycles. The maximum absolute atomic E-state index is 12.0. The van der Waals surface area contributed by atoms with Crippen LogP contribution in [0.2, 0.25) is 0 Å². The first-order valence-corrected chi connectivity index (χ1v) is 9.55. The average Bonchev–Trinajstić information content (AvgIpc) is 3.19. The highest BCUT2D eigenvalue weighted by Gasteiger charge is 2.10. The van der Waals surface area contributed by atoms with Crippen LogP contribution < -0.4 is 5.32 Å². The number of thiazole rings is 1. The number of nitrogens with one attached hydrogen (secondary N) is 1. The summed E-state index contributed by atoms with van der Waals surface area (Å²) in [4.78, 5) is 16.5. The molecule has 2 aromatic rings. The van der Waals surface area contributed by atoms with Gasteiger partial charge in [-0.2, -0.15) is 11.3 Å². The van der Waals surface area contributed by atoms with Crippen molar-refractivity contribution < 1.29 is 4.79 Å². The fourth-order valence-corrected chi connectivity index (χ4v) is 4.16. The Morgan fingerprint density at radius 1 is 1.32 bits per heavy atom. The average molecular weight is 332 g/mol. The van der Waals surface area contributed by atoms with Crippen LogP contribution in [-0.2, 0) is 11.2 Å². The van der Waals surface area contributed by atoms with Gasteiger partial charge in [-0.15, -0.1) is 11.3 Å². The Morgan fingerprint density at radius 2 is 2.27 bits per heavy atom. The van der Waals surface area contributed by atoms with Crippen LogP contribution in [0.1, 0.15) is 37.8 Å². The van der Waals surface area contributed by atoms with Gasteiger partial charge in [0.15, 0.2) is 0 Å². The summed E-state index contributed by atoms with van der Waals surface area (Å²) in [5.74, 6) is 0.0681. The Hall–Kier alpha value is -1.46. The lowest BCUT2D eigenvalue weighted by atomic mass is 9.97. The molecule has 0 fully saturated rings. The van der Waals surface area contributed by atoms with E-state index in [1.807, 2.05) is 10.8 Å². The summed E-state index contributed by atoms with van der Waals surface area (Å²) in [5.41, 5.74) is 3.51. The van der Waals surface area contributed by atoms with E-state index in [1.54, 1.807) is 22.7 Å². The molecule has 1 aliphatic rings. The molecule has 0 saturated carbocycles. The summed E-state index contributed by atoms with van der Waals surface area (Å²) in [7, 11) is 0. The summed E-state index contributed by atoms with van der Waals surface area (Å²) in [6, 6.07) is 2.06. The SMILES string of the molecule is O=C(Cc1csc(-c2ccsc2)n1)NCCC1=CCCCC1. The first kappa shape index (κ1) is 15.4. The Labute approximate surface area is 139 Å². The van der Waals surface area contributed by atoms with E-state index in [1.165, 1.54) is 31.3 Å². The van der Waals surface area contributed by atoms with Gasteiger partial charge in [0.1, 0.15) is 5.01 Å². The van der Waals surface area contributed by atoms with Gasteiger partial charge >= 0.3 is 0 Å². The molecule has 0 aliphatic heterocycles. The van der Waals surface area contributed by atoms with E-state index in [0.29, 0.717) is 6.42 Å². The first-order chi connectivity index (χ1) is 10.8. The van der Waals surface area contributed by atoms with Gasteiger partial charge in [-0.05, 0) is 43.6 Å². The van der Waals surface area contributed by atoms with E-state index >= 15 is 0 Å². The van der Waals surface area contributed by atoms with Gasteiger partial charge in [0.25, 0.3) is 0 Å². The topological polar surface area (TPSA) is 42.0 Å². The smallest absolute Gasteiger partial charge is 0.226 e.